The quantitative estimate of drug-likeness (QED) is 0.783. The van der Waals surface area contributed by atoms with Gasteiger partial charge in [0.15, 0.2) is 0 Å². The molecule has 0 aliphatic carbocycles. The Morgan fingerprint density at radius 3 is 2.50 bits per heavy atom. The second-order valence-corrected chi connectivity index (χ2v) is 5.52. The summed E-state index contributed by atoms with van der Waals surface area (Å²) in [7, 11) is 0. The summed E-state index contributed by atoms with van der Waals surface area (Å²) in [5.74, 6) is 0.492. The van der Waals surface area contributed by atoms with Gasteiger partial charge in [0.25, 0.3) is 0 Å². The number of pyridine rings is 1. The van der Waals surface area contributed by atoms with E-state index in [2.05, 4.69) is 36.8 Å². The molecule has 0 bridgehead atoms. The zero-order valence-electron chi connectivity index (χ0n) is 10.1. The molecule has 16 heavy (non-hydrogen) atoms. The highest BCUT2D eigenvalue weighted by atomic mass is 32.1. The first kappa shape index (κ1) is 11.3. The van der Waals surface area contributed by atoms with Crippen molar-refractivity contribution < 1.29 is 0 Å². The Morgan fingerprint density at radius 1 is 1.19 bits per heavy atom. The Morgan fingerprint density at radius 2 is 1.94 bits per heavy atom. The minimum atomic E-state index is 0.492. The molecule has 2 heterocycles. The Balaban J connectivity index is 2.60. The van der Waals surface area contributed by atoms with E-state index in [-0.39, 0.29) is 0 Å². The molecule has 0 aromatic carbocycles. The molecule has 0 saturated carbocycles. The van der Waals surface area contributed by atoms with Crippen LogP contribution >= 0.6 is 11.3 Å². The number of nitrogens with zero attached hydrogens (tertiary/aromatic N) is 2. The van der Waals surface area contributed by atoms with Gasteiger partial charge in [-0.2, -0.15) is 0 Å². The van der Waals surface area contributed by atoms with E-state index in [1.165, 1.54) is 16.0 Å². The first-order chi connectivity index (χ1) is 7.59. The number of hydrogen-bond donors (Lipinski definition) is 0. The van der Waals surface area contributed by atoms with Gasteiger partial charge in [-0.25, -0.2) is 4.98 Å². The van der Waals surface area contributed by atoms with Crippen LogP contribution in [0.1, 0.15) is 35.9 Å². The molecule has 2 aromatic heterocycles. The zero-order valence-corrected chi connectivity index (χ0v) is 10.9. The van der Waals surface area contributed by atoms with Gasteiger partial charge in [-0.15, -0.1) is 11.3 Å². The fraction of sp³-hybridized carbons (Fsp3) is 0.385. The summed E-state index contributed by atoms with van der Waals surface area (Å²) in [5, 5.41) is 1.09. The first-order valence-corrected chi connectivity index (χ1v) is 6.29. The summed E-state index contributed by atoms with van der Waals surface area (Å²) in [6, 6.07) is 2.08. The lowest BCUT2D eigenvalue weighted by atomic mass is 9.96. The van der Waals surface area contributed by atoms with Crippen LogP contribution in [0.4, 0.5) is 0 Å². The van der Waals surface area contributed by atoms with E-state index in [4.69, 9.17) is 0 Å². The molecule has 0 saturated heterocycles. The van der Waals surface area contributed by atoms with Gasteiger partial charge in [-0.3, -0.25) is 4.98 Å². The molecule has 0 unspecified atom stereocenters. The highest BCUT2D eigenvalue weighted by Crippen LogP contribution is 2.32. The van der Waals surface area contributed by atoms with Crippen molar-refractivity contribution in [3.63, 3.8) is 0 Å². The lowest BCUT2D eigenvalue weighted by molar-refractivity contribution is 0.851. The van der Waals surface area contributed by atoms with Gasteiger partial charge in [-0.1, -0.05) is 13.8 Å². The average Bonchev–Trinajstić information content (AvgIpc) is 2.63. The predicted octanol–water partition coefficient (Wildman–Crippen LogP) is 3.95. The smallest absolute Gasteiger partial charge is 0.0901 e. The third kappa shape index (κ3) is 2.00. The second kappa shape index (κ2) is 4.34. The Kier molecular flexibility index (Phi) is 3.06. The predicted molar refractivity (Wildman–Crippen MR) is 68.9 cm³/mol. The molecule has 0 amide bonds. The summed E-state index contributed by atoms with van der Waals surface area (Å²) in [6.07, 6.45) is 3.80. The monoisotopic (exact) mass is 232 g/mol. The van der Waals surface area contributed by atoms with Crippen LogP contribution in [0.2, 0.25) is 0 Å². The standard InChI is InChI=1S/C13H16N2S/c1-8(2)12-9(3)5-6-14-13(12)11-7-15-10(4)16-11/h5-8H,1-4H3. The average molecular weight is 232 g/mol. The Labute approximate surface area is 100 Å². The van der Waals surface area contributed by atoms with Crippen molar-refractivity contribution >= 4 is 11.3 Å². The molecule has 0 aliphatic heterocycles. The fourth-order valence-electron chi connectivity index (χ4n) is 1.97. The van der Waals surface area contributed by atoms with Crippen LogP contribution in [-0.2, 0) is 0 Å². The van der Waals surface area contributed by atoms with E-state index in [0.29, 0.717) is 5.92 Å². The van der Waals surface area contributed by atoms with Gasteiger partial charge in [0.2, 0.25) is 0 Å². The molecule has 2 aromatic rings. The van der Waals surface area contributed by atoms with Gasteiger partial charge >= 0.3 is 0 Å². The first-order valence-electron chi connectivity index (χ1n) is 5.48. The van der Waals surface area contributed by atoms with Crippen molar-refractivity contribution in [1.29, 1.82) is 0 Å². The SMILES string of the molecule is Cc1ncc(-c2nccc(C)c2C(C)C)s1. The number of hydrogen-bond acceptors (Lipinski definition) is 3. The van der Waals surface area contributed by atoms with Gasteiger partial charge in [-0.05, 0) is 37.0 Å². The van der Waals surface area contributed by atoms with E-state index in [9.17, 15) is 0 Å². The highest BCUT2D eigenvalue weighted by molar-refractivity contribution is 7.15. The van der Waals surface area contributed by atoms with Crippen LogP contribution in [0, 0.1) is 13.8 Å². The zero-order chi connectivity index (χ0) is 11.7. The third-order valence-electron chi connectivity index (χ3n) is 2.64. The van der Waals surface area contributed by atoms with Crippen LogP contribution in [-0.4, -0.2) is 9.97 Å². The van der Waals surface area contributed by atoms with Gasteiger partial charge < -0.3 is 0 Å². The largest absolute Gasteiger partial charge is 0.255 e. The molecule has 84 valence electrons. The molecule has 2 rings (SSSR count). The summed E-state index contributed by atoms with van der Waals surface area (Å²) in [5.41, 5.74) is 3.75. The summed E-state index contributed by atoms with van der Waals surface area (Å²) < 4.78 is 0. The third-order valence-corrected chi connectivity index (χ3v) is 3.56. The van der Waals surface area contributed by atoms with Crippen molar-refractivity contribution in [2.45, 2.75) is 33.6 Å². The number of aromatic nitrogens is 2. The number of thiazole rings is 1. The normalized spacial score (nSPS) is 11.1. The maximum absolute atomic E-state index is 4.51. The maximum atomic E-state index is 4.51. The molecule has 0 aliphatic rings. The van der Waals surface area contributed by atoms with Crippen LogP contribution in [0.5, 0.6) is 0 Å². The van der Waals surface area contributed by atoms with Crippen molar-refractivity contribution in [1.82, 2.24) is 9.97 Å². The van der Waals surface area contributed by atoms with E-state index >= 15 is 0 Å². The van der Waals surface area contributed by atoms with E-state index in [0.717, 1.165) is 10.7 Å². The van der Waals surface area contributed by atoms with Crippen molar-refractivity contribution in [2.75, 3.05) is 0 Å². The van der Waals surface area contributed by atoms with Crippen LogP contribution in [0.3, 0.4) is 0 Å². The molecule has 3 heteroatoms. The summed E-state index contributed by atoms with van der Waals surface area (Å²) >= 11 is 1.71. The molecular formula is C13H16N2S. The van der Waals surface area contributed by atoms with Crippen LogP contribution in [0.15, 0.2) is 18.5 Å². The van der Waals surface area contributed by atoms with Crippen LogP contribution < -0.4 is 0 Å². The number of aryl methyl sites for hydroxylation is 2. The van der Waals surface area contributed by atoms with Crippen molar-refractivity contribution in [3.8, 4) is 10.6 Å². The van der Waals surface area contributed by atoms with Crippen molar-refractivity contribution in [2.24, 2.45) is 0 Å². The van der Waals surface area contributed by atoms with E-state index < -0.39 is 0 Å². The Bertz CT molecular complexity index is 500. The van der Waals surface area contributed by atoms with Gasteiger partial charge in [0.1, 0.15) is 0 Å². The minimum Gasteiger partial charge on any atom is -0.255 e. The molecule has 0 radical (unpaired) electrons. The van der Waals surface area contributed by atoms with Crippen LogP contribution in [0.25, 0.3) is 10.6 Å². The molecule has 0 atom stereocenters. The maximum Gasteiger partial charge on any atom is 0.0901 e. The molecule has 0 N–H and O–H groups in total. The summed E-state index contributed by atoms with van der Waals surface area (Å²) in [6.45, 7) is 8.59. The molecule has 2 nitrogen and oxygen atoms in total. The number of rotatable bonds is 2. The van der Waals surface area contributed by atoms with Gasteiger partial charge in [0, 0.05) is 12.4 Å². The van der Waals surface area contributed by atoms with Gasteiger partial charge in [0.05, 0.1) is 15.6 Å². The van der Waals surface area contributed by atoms with Crippen molar-refractivity contribution in [3.05, 3.63) is 34.6 Å². The minimum absolute atomic E-state index is 0.492. The van der Waals surface area contributed by atoms with E-state index in [1.54, 1.807) is 11.3 Å². The lowest BCUT2D eigenvalue weighted by Crippen LogP contribution is -1.97. The summed E-state index contributed by atoms with van der Waals surface area (Å²) in [4.78, 5) is 9.99. The highest BCUT2D eigenvalue weighted by Gasteiger charge is 2.14. The molecule has 0 fully saturated rings. The lowest BCUT2D eigenvalue weighted by Gasteiger charge is -2.13. The Hall–Kier alpha value is -1.22. The fourth-order valence-corrected chi connectivity index (χ4v) is 2.75. The molecular weight excluding hydrogens is 216 g/mol. The topological polar surface area (TPSA) is 25.8 Å². The second-order valence-electron chi connectivity index (χ2n) is 4.29. The molecule has 0 spiro atoms. The van der Waals surface area contributed by atoms with E-state index in [1.807, 2.05) is 19.3 Å².